The number of anilines is 1. The van der Waals surface area contributed by atoms with Crippen LogP contribution in [-0.2, 0) is 11.2 Å². The molecule has 2 aliphatic rings. The fourth-order valence-corrected chi connectivity index (χ4v) is 4.04. The summed E-state index contributed by atoms with van der Waals surface area (Å²) in [6, 6.07) is 0.536. The standard InChI is InChI=1S/C13H21N3OS/c1-2-4-12-15-16-13(18-12)14-10-5-3-6-11-9(10)7-8-17-11/h9-11H,2-8H2,1H3,(H,14,16)/t9-,10+,11+/m0/s1. The van der Waals surface area contributed by atoms with Crippen molar-refractivity contribution in [2.75, 3.05) is 11.9 Å². The van der Waals surface area contributed by atoms with Crippen LogP contribution >= 0.6 is 11.3 Å². The van der Waals surface area contributed by atoms with Crippen molar-refractivity contribution in [3.63, 3.8) is 0 Å². The van der Waals surface area contributed by atoms with E-state index in [2.05, 4.69) is 22.4 Å². The molecule has 0 amide bonds. The number of aryl methyl sites for hydroxylation is 1. The van der Waals surface area contributed by atoms with E-state index in [1.807, 2.05) is 0 Å². The Morgan fingerprint density at radius 1 is 1.33 bits per heavy atom. The van der Waals surface area contributed by atoms with Gasteiger partial charge in [-0.05, 0) is 32.1 Å². The van der Waals surface area contributed by atoms with Gasteiger partial charge in [-0.25, -0.2) is 0 Å². The van der Waals surface area contributed by atoms with E-state index in [0.717, 1.165) is 29.6 Å². The molecule has 2 heterocycles. The van der Waals surface area contributed by atoms with Crippen LogP contribution in [0, 0.1) is 5.92 Å². The van der Waals surface area contributed by atoms with E-state index in [0.29, 0.717) is 18.1 Å². The molecule has 18 heavy (non-hydrogen) atoms. The lowest BCUT2D eigenvalue weighted by Gasteiger charge is -2.32. The summed E-state index contributed by atoms with van der Waals surface area (Å²) in [7, 11) is 0. The van der Waals surface area contributed by atoms with Gasteiger partial charge in [0.1, 0.15) is 5.01 Å². The Labute approximate surface area is 112 Å². The first-order valence-corrected chi connectivity index (χ1v) is 7.89. The van der Waals surface area contributed by atoms with Gasteiger partial charge in [-0.15, -0.1) is 10.2 Å². The van der Waals surface area contributed by atoms with Gasteiger partial charge in [-0.1, -0.05) is 18.3 Å². The van der Waals surface area contributed by atoms with Crippen molar-refractivity contribution < 1.29 is 4.74 Å². The zero-order chi connectivity index (χ0) is 12.4. The molecule has 1 aromatic rings. The van der Waals surface area contributed by atoms with Crippen molar-refractivity contribution in [2.45, 2.75) is 57.6 Å². The lowest BCUT2D eigenvalue weighted by atomic mass is 9.82. The molecule has 4 nitrogen and oxygen atoms in total. The fraction of sp³-hybridized carbons (Fsp3) is 0.846. The van der Waals surface area contributed by atoms with Crippen LogP contribution in [0.1, 0.15) is 44.0 Å². The molecule has 3 atom stereocenters. The normalized spacial score (nSPS) is 31.3. The van der Waals surface area contributed by atoms with E-state index >= 15 is 0 Å². The molecule has 5 heteroatoms. The number of nitrogens with one attached hydrogen (secondary N) is 1. The summed E-state index contributed by atoms with van der Waals surface area (Å²) >= 11 is 1.71. The maximum absolute atomic E-state index is 5.80. The van der Waals surface area contributed by atoms with Gasteiger partial charge in [0.05, 0.1) is 6.10 Å². The van der Waals surface area contributed by atoms with E-state index in [-0.39, 0.29) is 0 Å². The number of nitrogens with zero attached hydrogens (tertiary/aromatic N) is 2. The highest BCUT2D eigenvalue weighted by Gasteiger charge is 2.37. The molecule has 0 radical (unpaired) electrons. The summed E-state index contributed by atoms with van der Waals surface area (Å²) in [5.74, 6) is 0.678. The summed E-state index contributed by atoms with van der Waals surface area (Å²) in [4.78, 5) is 0. The Bertz CT molecular complexity index is 395. The summed E-state index contributed by atoms with van der Waals surface area (Å²) < 4.78 is 5.80. The van der Waals surface area contributed by atoms with Crippen LogP contribution in [0.4, 0.5) is 5.13 Å². The van der Waals surface area contributed by atoms with Crippen LogP contribution in [0.15, 0.2) is 0 Å². The number of hydrogen-bond donors (Lipinski definition) is 1. The fourth-order valence-electron chi connectivity index (χ4n) is 3.14. The molecule has 1 N–H and O–H groups in total. The SMILES string of the molecule is CCCc1nnc(N[C@@H]2CCC[C@H]3OCC[C@@H]23)s1. The van der Waals surface area contributed by atoms with Gasteiger partial charge in [0.2, 0.25) is 5.13 Å². The van der Waals surface area contributed by atoms with E-state index in [1.165, 1.54) is 25.7 Å². The molecule has 100 valence electrons. The van der Waals surface area contributed by atoms with Gasteiger partial charge in [0.25, 0.3) is 0 Å². The second-order valence-corrected chi connectivity index (χ2v) is 6.36. The number of aromatic nitrogens is 2. The molecule has 1 aromatic heterocycles. The van der Waals surface area contributed by atoms with Crippen LogP contribution < -0.4 is 5.32 Å². The molecule has 3 rings (SSSR count). The lowest BCUT2D eigenvalue weighted by molar-refractivity contribution is 0.0620. The highest BCUT2D eigenvalue weighted by atomic mass is 32.1. The third kappa shape index (κ3) is 2.52. The Morgan fingerprint density at radius 3 is 3.17 bits per heavy atom. The quantitative estimate of drug-likeness (QED) is 0.911. The monoisotopic (exact) mass is 267 g/mol. The van der Waals surface area contributed by atoms with Crippen LogP contribution in [0.25, 0.3) is 0 Å². The second kappa shape index (κ2) is 5.53. The molecule has 0 bridgehead atoms. The minimum atomic E-state index is 0.485. The summed E-state index contributed by atoms with van der Waals surface area (Å²) in [6.45, 7) is 3.11. The van der Waals surface area contributed by atoms with Gasteiger partial charge in [-0.3, -0.25) is 0 Å². The third-order valence-corrected chi connectivity index (χ3v) is 4.94. The van der Waals surface area contributed by atoms with Crippen molar-refractivity contribution in [1.29, 1.82) is 0 Å². The lowest BCUT2D eigenvalue weighted by Crippen LogP contribution is -2.38. The minimum Gasteiger partial charge on any atom is -0.378 e. The highest BCUT2D eigenvalue weighted by molar-refractivity contribution is 7.15. The number of hydrogen-bond acceptors (Lipinski definition) is 5. The van der Waals surface area contributed by atoms with E-state index in [1.54, 1.807) is 11.3 Å². The molecular weight excluding hydrogens is 246 g/mol. The van der Waals surface area contributed by atoms with Gasteiger partial charge < -0.3 is 10.1 Å². The molecule has 0 spiro atoms. The predicted molar refractivity (Wildman–Crippen MR) is 73.0 cm³/mol. The first-order chi connectivity index (χ1) is 8.86. The molecule has 1 saturated carbocycles. The smallest absolute Gasteiger partial charge is 0.205 e. The first-order valence-electron chi connectivity index (χ1n) is 7.07. The van der Waals surface area contributed by atoms with E-state index < -0.39 is 0 Å². The summed E-state index contributed by atoms with van der Waals surface area (Å²) in [5.41, 5.74) is 0. The molecule has 1 saturated heterocycles. The molecule has 1 aliphatic carbocycles. The molecule has 1 aliphatic heterocycles. The Kier molecular flexibility index (Phi) is 3.80. The van der Waals surface area contributed by atoms with E-state index in [9.17, 15) is 0 Å². The summed E-state index contributed by atoms with van der Waals surface area (Å²) in [6.07, 6.45) is 7.60. The topological polar surface area (TPSA) is 47.0 Å². The first kappa shape index (κ1) is 12.4. The largest absolute Gasteiger partial charge is 0.378 e. The molecule has 0 aromatic carbocycles. The van der Waals surface area contributed by atoms with Crippen molar-refractivity contribution in [2.24, 2.45) is 5.92 Å². The van der Waals surface area contributed by atoms with Crippen LogP contribution in [0.5, 0.6) is 0 Å². The van der Waals surface area contributed by atoms with Crippen LogP contribution in [0.3, 0.4) is 0 Å². The third-order valence-electron chi connectivity index (χ3n) is 4.02. The van der Waals surface area contributed by atoms with Gasteiger partial charge in [-0.2, -0.15) is 0 Å². The number of ether oxygens (including phenoxy) is 1. The molecule has 2 fully saturated rings. The van der Waals surface area contributed by atoms with Crippen molar-refractivity contribution >= 4 is 16.5 Å². The Morgan fingerprint density at radius 2 is 2.28 bits per heavy atom. The second-order valence-electron chi connectivity index (χ2n) is 5.29. The number of rotatable bonds is 4. The molecule has 0 unspecified atom stereocenters. The minimum absolute atomic E-state index is 0.485. The van der Waals surface area contributed by atoms with E-state index in [4.69, 9.17) is 4.74 Å². The maximum Gasteiger partial charge on any atom is 0.205 e. The summed E-state index contributed by atoms with van der Waals surface area (Å²) in [5, 5.41) is 14.2. The van der Waals surface area contributed by atoms with Gasteiger partial charge in [0.15, 0.2) is 0 Å². The molecular formula is C13H21N3OS. The average molecular weight is 267 g/mol. The zero-order valence-electron chi connectivity index (χ0n) is 10.9. The van der Waals surface area contributed by atoms with Crippen LogP contribution in [0.2, 0.25) is 0 Å². The maximum atomic E-state index is 5.80. The average Bonchev–Trinajstić information content (AvgIpc) is 2.99. The zero-order valence-corrected chi connectivity index (χ0v) is 11.7. The Balaban J connectivity index is 1.63. The van der Waals surface area contributed by atoms with Crippen molar-refractivity contribution in [3.8, 4) is 0 Å². The van der Waals surface area contributed by atoms with Gasteiger partial charge in [0, 0.05) is 25.0 Å². The van der Waals surface area contributed by atoms with Crippen LogP contribution in [-0.4, -0.2) is 29.0 Å². The Hall–Kier alpha value is -0.680. The predicted octanol–water partition coefficient (Wildman–Crippen LogP) is 2.86. The van der Waals surface area contributed by atoms with Crippen molar-refractivity contribution in [3.05, 3.63) is 5.01 Å². The number of fused-ring (bicyclic) bond motifs is 1. The van der Waals surface area contributed by atoms with Gasteiger partial charge >= 0.3 is 0 Å². The highest BCUT2D eigenvalue weighted by Crippen LogP contribution is 2.36. The van der Waals surface area contributed by atoms with Crippen molar-refractivity contribution in [1.82, 2.24) is 10.2 Å².